The van der Waals surface area contributed by atoms with Gasteiger partial charge in [-0.2, -0.15) is 0 Å². The zero-order valence-electron chi connectivity index (χ0n) is 14.7. The molecule has 3 rings (SSSR count). The van der Waals surface area contributed by atoms with Crippen molar-refractivity contribution in [1.29, 1.82) is 0 Å². The summed E-state index contributed by atoms with van der Waals surface area (Å²) in [4.78, 5) is 12.5. The third kappa shape index (κ3) is 3.83. The van der Waals surface area contributed by atoms with Crippen molar-refractivity contribution in [3.05, 3.63) is 54.1 Å². The number of nitrogens with one attached hydrogen (secondary N) is 1. The molecule has 0 saturated carbocycles. The number of hydrogen-bond donors (Lipinski definition) is 1. The second-order valence-electron chi connectivity index (χ2n) is 5.73. The molecule has 0 aliphatic heterocycles. The molecule has 0 radical (unpaired) electrons. The van der Waals surface area contributed by atoms with Crippen molar-refractivity contribution in [2.45, 2.75) is 20.0 Å². The largest absolute Gasteiger partial charge is 0.493 e. The number of nitrogens with zero attached hydrogens (tertiary/aromatic N) is 2. The molecule has 0 spiro atoms. The Kier molecular flexibility index (Phi) is 5.17. The molecule has 1 heterocycles. The van der Waals surface area contributed by atoms with Crippen molar-refractivity contribution < 1.29 is 18.9 Å². The van der Waals surface area contributed by atoms with Gasteiger partial charge in [0.25, 0.3) is 5.91 Å². The van der Waals surface area contributed by atoms with Crippen molar-refractivity contribution in [3.63, 3.8) is 0 Å². The van der Waals surface area contributed by atoms with Crippen LogP contribution >= 0.6 is 0 Å². The fourth-order valence-electron chi connectivity index (χ4n) is 2.35. The number of methoxy groups -OCH3 is 1. The predicted octanol–water partition coefficient (Wildman–Crippen LogP) is 3.46. The summed E-state index contributed by atoms with van der Waals surface area (Å²) in [5, 5.41) is 10.3. The third-order valence-corrected chi connectivity index (χ3v) is 3.80. The number of ether oxygens (including phenoxy) is 2. The number of aryl methyl sites for hydroxylation is 1. The molecule has 1 amide bonds. The van der Waals surface area contributed by atoms with Gasteiger partial charge in [-0.1, -0.05) is 42.0 Å². The van der Waals surface area contributed by atoms with Crippen molar-refractivity contribution >= 4 is 11.7 Å². The van der Waals surface area contributed by atoms with E-state index in [4.69, 9.17) is 14.1 Å². The van der Waals surface area contributed by atoms with Crippen molar-refractivity contribution in [3.8, 4) is 22.8 Å². The number of rotatable bonds is 6. The average Bonchev–Trinajstić information content (AvgIpc) is 3.10. The number of anilines is 1. The van der Waals surface area contributed by atoms with Gasteiger partial charge in [-0.25, -0.2) is 4.63 Å². The molecule has 7 heteroatoms. The Morgan fingerprint density at radius 3 is 2.46 bits per heavy atom. The summed E-state index contributed by atoms with van der Waals surface area (Å²) in [6, 6.07) is 14.8. The normalized spacial score (nSPS) is 11.7. The molecule has 0 saturated heterocycles. The molecule has 1 atom stereocenters. The summed E-state index contributed by atoms with van der Waals surface area (Å²) in [5.74, 6) is 0.902. The molecule has 0 aliphatic rings. The van der Waals surface area contributed by atoms with Gasteiger partial charge in [0.2, 0.25) is 5.82 Å². The lowest BCUT2D eigenvalue weighted by Gasteiger charge is -2.16. The molecule has 1 aromatic heterocycles. The van der Waals surface area contributed by atoms with E-state index in [1.807, 2.05) is 37.3 Å². The molecular weight excluding hydrogens is 334 g/mol. The average molecular weight is 353 g/mol. The summed E-state index contributed by atoms with van der Waals surface area (Å²) in [5.41, 5.74) is 2.38. The quantitative estimate of drug-likeness (QED) is 0.730. The lowest BCUT2D eigenvalue weighted by atomic mass is 10.1. The zero-order valence-corrected chi connectivity index (χ0v) is 14.7. The van der Waals surface area contributed by atoms with E-state index in [1.54, 1.807) is 32.2 Å². The van der Waals surface area contributed by atoms with Crippen LogP contribution in [-0.2, 0) is 4.79 Å². The first kappa shape index (κ1) is 17.5. The molecule has 0 unspecified atom stereocenters. The zero-order chi connectivity index (χ0) is 18.5. The number of carbonyl (C=O) groups excluding carboxylic acids is 1. The van der Waals surface area contributed by atoms with E-state index >= 15 is 0 Å². The van der Waals surface area contributed by atoms with Crippen LogP contribution in [0.1, 0.15) is 12.5 Å². The summed E-state index contributed by atoms with van der Waals surface area (Å²) in [6.07, 6.45) is -0.770. The predicted molar refractivity (Wildman–Crippen MR) is 96.2 cm³/mol. The molecule has 26 heavy (non-hydrogen) atoms. The SMILES string of the molecule is COc1ccccc1O[C@H](C)C(=O)Nc1nonc1-c1ccc(C)cc1. The first-order valence-electron chi connectivity index (χ1n) is 8.08. The Bertz CT molecular complexity index is 890. The van der Waals surface area contributed by atoms with Crippen molar-refractivity contribution in [2.75, 3.05) is 12.4 Å². The number of para-hydroxylation sites is 2. The second kappa shape index (κ2) is 7.69. The van der Waals surface area contributed by atoms with Crippen LogP contribution in [0.25, 0.3) is 11.3 Å². The minimum Gasteiger partial charge on any atom is -0.493 e. The molecule has 1 N–H and O–H groups in total. The molecule has 2 aromatic carbocycles. The van der Waals surface area contributed by atoms with E-state index in [0.29, 0.717) is 17.2 Å². The van der Waals surface area contributed by atoms with Gasteiger partial charge in [0.15, 0.2) is 23.3 Å². The van der Waals surface area contributed by atoms with Gasteiger partial charge >= 0.3 is 0 Å². The maximum atomic E-state index is 12.5. The first-order chi connectivity index (χ1) is 12.6. The molecular formula is C19H19N3O4. The van der Waals surface area contributed by atoms with Crippen LogP contribution in [0.15, 0.2) is 53.2 Å². The number of amides is 1. The number of benzene rings is 2. The fourth-order valence-corrected chi connectivity index (χ4v) is 2.35. The summed E-state index contributed by atoms with van der Waals surface area (Å²) in [7, 11) is 1.54. The molecule has 0 bridgehead atoms. The number of carbonyl (C=O) groups is 1. The summed E-state index contributed by atoms with van der Waals surface area (Å²) in [6.45, 7) is 3.63. The van der Waals surface area contributed by atoms with Gasteiger partial charge < -0.3 is 14.8 Å². The molecule has 0 aliphatic carbocycles. The third-order valence-electron chi connectivity index (χ3n) is 3.80. The highest BCUT2D eigenvalue weighted by Gasteiger charge is 2.21. The maximum Gasteiger partial charge on any atom is 0.266 e. The van der Waals surface area contributed by atoms with E-state index < -0.39 is 6.10 Å². The van der Waals surface area contributed by atoms with Gasteiger partial charge in [0.05, 0.1) is 7.11 Å². The lowest BCUT2D eigenvalue weighted by Crippen LogP contribution is -2.30. The summed E-state index contributed by atoms with van der Waals surface area (Å²) >= 11 is 0. The van der Waals surface area contributed by atoms with Crippen molar-refractivity contribution in [1.82, 2.24) is 10.3 Å². The monoisotopic (exact) mass is 353 g/mol. The van der Waals surface area contributed by atoms with E-state index in [9.17, 15) is 4.79 Å². The second-order valence-corrected chi connectivity index (χ2v) is 5.73. The minimum absolute atomic E-state index is 0.245. The van der Waals surface area contributed by atoms with Crippen LogP contribution < -0.4 is 14.8 Å². The van der Waals surface area contributed by atoms with Crippen molar-refractivity contribution in [2.24, 2.45) is 0 Å². The highest BCUT2D eigenvalue weighted by atomic mass is 16.6. The first-order valence-corrected chi connectivity index (χ1v) is 8.08. The Hall–Kier alpha value is -3.35. The Morgan fingerprint density at radius 2 is 1.77 bits per heavy atom. The highest BCUT2D eigenvalue weighted by molar-refractivity contribution is 5.96. The lowest BCUT2D eigenvalue weighted by molar-refractivity contribution is -0.122. The van der Waals surface area contributed by atoms with Crippen LogP contribution in [0, 0.1) is 6.92 Å². The topological polar surface area (TPSA) is 86.5 Å². The van der Waals surface area contributed by atoms with E-state index in [-0.39, 0.29) is 11.7 Å². The van der Waals surface area contributed by atoms with Gasteiger partial charge in [0.1, 0.15) is 0 Å². The maximum absolute atomic E-state index is 12.5. The van der Waals surface area contributed by atoms with Gasteiger partial charge in [0, 0.05) is 5.56 Å². The summed E-state index contributed by atoms with van der Waals surface area (Å²) < 4.78 is 15.7. The number of hydrogen-bond acceptors (Lipinski definition) is 6. The standard InChI is InChI=1S/C19H19N3O4/c1-12-8-10-14(11-9-12)17-18(22-26-21-17)20-19(23)13(2)25-16-7-5-4-6-15(16)24-3/h4-11,13H,1-3H3,(H,20,22,23)/t13-/m1/s1. The van der Waals surface area contributed by atoms with Gasteiger partial charge in [-0.15, -0.1) is 0 Å². The molecule has 134 valence electrons. The Morgan fingerprint density at radius 1 is 1.08 bits per heavy atom. The van der Waals surface area contributed by atoms with Crippen LogP contribution in [0.2, 0.25) is 0 Å². The van der Waals surface area contributed by atoms with Gasteiger partial charge in [-0.05, 0) is 36.3 Å². The van der Waals surface area contributed by atoms with Crippen LogP contribution in [-0.4, -0.2) is 29.4 Å². The van der Waals surface area contributed by atoms with Gasteiger partial charge in [-0.3, -0.25) is 4.79 Å². The van der Waals surface area contributed by atoms with Crippen LogP contribution in [0.3, 0.4) is 0 Å². The van der Waals surface area contributed by atoms with E-state index in [1.165, 1.54) is 0 Å². The van der Waals surface area contributed by atoms with E-state index in [2.05, 4.69) is 15.6 Å². The smallest absolute Gasteiger partial charge is 0.266 e. The van der Waals surface area contributed by atoms with E-state index in [0.717, 1.165) is 11.1 Å². The minimum atomic E-state index is -0.770. The number of aromatic nitrogens is 2. The molecule has 0 fully saturated rings. The molecule has 7 nitrogen and oxygen atoms in total. The van der Waals surface area contributed by atoms with Crippen LogP contribution in [0.5, 0.6) is 11.5 Å². The fraction of sp³-hybridized carbons (Fsp3) is 0.211. The molecule has 3 aromatic rings. The van der Waals surface area contributed by atoms with Crippen LogP contribution in [0.4, 0.5) is 5.82 Å². The Labute approximate surface area is 150 Å². The Balaban J connectivity index is 1.72. The highest BCUT2D eigenvalue weighted by Crippen LogP contribution is 2.28.